The Kier molecular flexibility index (Phi) is 5.28. The van der Waals surface area contributed by atoms with Gasteiger partial charge < -0.3 is 14.9 Å². The van der Waals surface area contributed by atoms with Gasteiger partial charge in [0.15, 0.2) is 0 Å². The van der Waals surface area contributed by atoms with Crippen molar-refractivity contribution in [1.82, 2.24) is 0 Å². The van der Waals surface area contributed by atoms with E-state index >= 15 is 0 Å². The lowest BCUT2D eigenvalue weighted by atomic mass is 9.90. The number of hydrogen-bond donors (Lipinski definition) is 2. The summed E-state index contributed by atoms with van der Waals surface area (Å²) in [7, 11) is 0. The highest BCUT2D eigenvalue weighted by Crippen LogP contribution is 2.37. The van der Waals surface area contributed by atoms with E-state index in [0.29, 0.717) is 0 Å². The summed E-state index contributed by atoms with van der Waals surface area (Å²) in [5.41, 5.74) is 8.27. The Labute approximate surface area is 121 Å². The molecule has 0 saturated carbocycles. The predicted molar refractivity (Wildman–Crippen MR) is 76.2 cm³/mol. The molecule has 1 saturated heterocycles. The van der Waals surface area contributed by atoms with Crippen molar-refractivity contribution in [2.75, 3.05) is 6.61 Å². The van der Waals surface area contributed by atoms with E-state index < -0.39 is 23.7 Å². The molecule has 0 aliphatic carbocycles. The summed E-state index contributed by atoms with van der Waals surface area (Å²) in [6.45, 7) is 1.54. The Morgan fingerprint density at radius 3 is 2.70 bits per heavy atom. The molecule has 2 rings (SSSR count). The highest BCUT2D eigenvalue weighted by atomic mass is 32.2. The first-order chi connectivity index (χ1) is 9.67. The van der Waals surface area contributed by atoms with Crippen molar-refractivity contribution in [3.05, 3.63) is 40.8 Å². The van der Waals surface area contributed by atoms with E-state index in [9.17, 15) is 10.2 Å². The van der Waals surface area contributed by atoms with Gasteiger partial charge >= 0.3 is 0 Å². The second kappa shape index (κ2) is 6.97. The second-order valence-electron chi connectivity index (χ2n) is 4.70. The molecule has 0 spiro atoms. The standard InChI is InChI=1S/C13H17N3O3S/c1-8-11(15-16-14)13(19-10(7-17)12(8)18)20-9-5-3-2-4-6-9/h2-6,8,10-13,17-18H,7H2,1H3/t8?,10?,11-,12-,13-/m0/s1. The predicted octanol–water partition coefficient (Wildman–Crippen LogP) is 2.17. The fraction of sp³-hybridized carbons (Fsp3) is 0.538. The number of ether oxygens (including phenoxy) is 1. The van der Waals surface area contributed by atoms with Gasteiger partial charge in [-0.3, -0.25) is 0 Å². The molecule has 0 radical (unpaired) electrons. The molecular formula is C13H17N3O3S. The lowest BCUT2D eigenvalue weighted by Crippen LogP contribution is -2.52. The van der Waals surface area contributed by atoms with Crippen molar-refractivity contribution in [1.29, 1.82) is 0 Å². The SMILES string of the molecule is CC1[C@H](O)C(CO)O[C@@H](Sc2ccccc2)[C@H]1N=[N+]=[N-]. The van der Waals surface area contributed by atoms with Crippen LogP contribution in [0, 0.1) is 5.92 Å². The normalized spacial score (nSPS) is 33.5. The van der Waals surface area contributed by atoms with Crippen LogP contribution in [-0.4, -0.2) is 40.5 Å². The van der Waals surface area contributed by atoms with Crippen molar-refractivity contribution in [3.63, 3.8) is 0 Å². The third kappa shape index (κ3) is 3.26. The number of rotatable bonds is 4. The molecule has 2 N–H and O–H groups in total. The molecular weight excluding hydrogens is 278 g/mol. The number of aliphatic hydroxyl groups excluding tert-OH is 2. The minimum Gasteiger partial charge on any atom is -0.394 e. The van der Waals surface area contributed by atoms with Gasteiger partial charge in [0.05, 0.1) is 18.8 Å². The molecule has 6 nitrogen and oxygen atoms in total. The first kappa shape index (κ1) is 15.2. The third-order valence-corrected chi connectivity index (χ3v) is 4.57. The van der Waals surface area contributed by atoms with Crippen LogP contribution in [0.3, 0.4) is 0 Å². The molecule has 0 aromatic heterocycles. The number of benzene rings is 1. The zero-order valence-corrected chi connectivity index (χ0v) is 11.8. The monoisotopic (exact) mass is 295 g/mol. The zero-order chi connectivity index (χ0) is 14.5. The number of aliphatic hydroxyl groups is 2. The lowest BCUT2D eigenvalue weighted by Gasteiger charge is -2.41. The van der Waals surface area contributed by atoms with Crippen LogP contribution in [0.5, 0.6) is 0 Å². The number of thioether (sulfide) groups is 1. The lowest BCUT2D eigenvalue weighted by molar-refractivity contribution is -0.137. The average molecular weight is 295 g/mol. The largest absolute Gasteiger partial charge is 0.394 e. The molecule has 1 aliphatic heterocycles. The van der Waals surface area contributed by atoms with Crippen molar-refractivity contribution in [2.45, 2.75) is 35.5 Å². The Balaban J connectivity index is 2.20. The Bertz CT molecular complexity index is 481. The van der Waals surface area contributed by atoms with E-state index in [-0.39, 0.29) is 12.5 Å². The van der Waals surface area contributed by atoms with E-state index in [4.69, 9.17) is 10.3 Å². The molecule has 7 heteroatoms. The van der Waals surface area contributed by atoms with Crippen LogP contribution in [-0.2, 0) is 4.74 Å². The summed E-state index contributed by atoms with van der Waals surface area (Å²) in [5, 5.41) is 23.1. The molecule has 0 amide bonds. The molecule has 20 heavy (non-hydrogen) atoms. The van der Waals surface area contributed by atoms with Crippen LogP contribution in [0.1, 0.15) is 6.92 Å². The van der Waals surface area contributed by atoms with Gasteiger partial charge in [0, 0.05) is 9.81 Å². The number of azide groups is 1. The van der Waals surface area contributed by atoms with Crippen molar-refractivity contribution >= 4 is 11.8 Å². The van der Waals surface area contributed by atoms with Gasteiger partial charge in [0.1, 0.15) is 11.5 Å². The van der Waals surface area contributed by atoms with Crippen LogP contribution in [0.4, 0.5) is 0 Å². The molecule has 108 valence electrons. The Morgan fingerprint density at radius 2 is 2.10 bits per heavy atom. The van der Waals surface area contributed by atoms with Gasteiger partial charge in [-0.2, -0.15) is 0 Å². The first-order valence-electron chi connectivity index (χ1n) is 6.37. The minimum atomic E-state index is -0.844. The molecule has 0 bridgehead atoms. The molecule has 1 heterocycles. The highest BCUT2D eigenvalue weighted by molar-refractivity contribution is 7.99. The van der Waals surface area contributed by atoms with Crippen LogP contribution >= 0.6 is 11.8 Å². The van der Waals surface area contributed by atoms with E-state index in [1.54, 1.807) is 6.92 Å². The molecule has 5 atom stereocenters. The fourth-order valence-electron chi connectivity index (χ4n) is 2.22. The first-order valence-corrected chi connectivity index (χ1v) is 7.25. The van der Waals surface area contributed by atoms with Crippen LogP contribution in [0.25, 0.3) is 10.4 Å². The number of hydrogen-bond acceptors (Lipinski definition) is 5. The summed E-state index contributed by atoms with van der Waals surface area (Å²) in [5.74, 6) is -0.280. The molecule has 2 unspecified atom stereocenters. The topological polar surface area (TPSA) is 98.5 Å². The van der Waals surface area contributed by atoms with E-state index in [0.717, 1.165) is 4.90 Å². The van der Waals surface area contributed by atoms with Gasteiger partial charge in [0.2, 0.25) is 0 Å². The fourth-order valence-corrected chi connectivity index (χ4v) is 3.45. The smallest absolute Gasteiger partial charge is 0.117 e. The molecule has 1 aromatic carbocycles. The molecule has 1 aromatic rings. The summed E-state index contributed by atoms with van der Waals surface area (Å²) < 4.78 is 5.69. The van der Waals surface area contributed by atoms with Crippen molar-refractivity contribution in [2.24, 2.45) is 11.0 Å². The Morgan fingerprint density at radius 1 is 1.40 bits per heavy atom. The van der Waals surface area contributed by atoms with Gasteiger partial charge in [-0.25, -0.2) is 0 Å². The summed E-state index contributed by atoms with van der Waals surface area (Å²) in [4.78, 5) is 3.83. The average Bonchev–Trinajstić information content (AvgIpc) is 2.47. The van der Waals surface area contributed by atoms with Crippen molar-refractivity contribution < 1.29 is 14.9 Å². The van der Waals surface area contributed by atoms with Crippen molar-refractivity contribution in [3.8, 4) is 0 Å². The maximum atomic E-state index is 10.0. The quantitative estimate of drug-likeness (QED) is 0.505. The summed E-state index contributed by atoms with van der Waals surface area (Å²) in [6, 6.07) is 9.13. The van der Waals surface area contributed by atoms with Gasteiger partial charge in [0.25, 0.3) is 0 Å². The third-order valence-electron chi connectivity index (χ3n) is 3.41. The van der Waals surface area contributed by atoms with Gasteiger partial charge in [-0.1, -0.05) is 42.0 Å². The minimum absolute atomic E-state index is 0.264. The van der Waals surface area contributed by atoms with Crippen LogP contribution in [0.15, 0.2) is 40.3 Å². The van der Waals surface area contributed by atoms with E-state index in [2.05, 4.69) is 10.0 Å². The Hall–Kier alpha value is -1.24. The maximum absolute atomic E-state index is 10.0. The number of nitrogens with zero attached hydrogens (tertiary/aromatic N) is 3. The second-order valence-corrected chi connectivity index (χ2v) is 5.87. The molecule has 1 aliphatic rings. The maximum Gasteiger partial charge on any atom is 0.117 e. The van der Waals surface area contributed by atoms with Crippen LogP contribution < -0.4 is 0 Å². The summed E-state index contributed by atoms with van der Waals surface area (Å²) >= 11 is 1.43. The highest BCUT2D eigenvalue weighted by Gasteiger charge is 2.42. The summed E-state index contributed by atoms with van der Waals surface area (Å²) in [6.07, 6.45) is -1.50. The zero-order valence-electron chi connectivity index (χ0n) is 11.0. The van der Waals surface area contributed by atoms with Crippen LogP contribution in [0.2, 0.25) is 0 Å². The van der Waals surface area contributed by atoms with E-state index in [1.165, 1.54) is 11.8 Å². The van der Waals surface area contributed by atoms with E-state index in [1.807, 2.05) is 30.3 Å². The van der Waals surface area contributed by atoms with Gasteiger partial charge in [-0.05, 0) is 23.6 Å². The van der Waals surface area contributed by atoms with Gasteiger partial charge in [-0.15, -0.1) is 0 Å². The molecule has 1 fully saturated rings.